The van der Waals surface area contributed by atoms with E-state index in [0.29, 0.717) is 17.6 Å². The summed E-state index contributed by atoms with van der Waals surface area (Å²) in [6.45, 7) is 5.93. The van der Waals surface area contributed by atoms with E-state index in [4.69, 9.17) is 4.74 Å². The van der Waals surface area contributed by atoms with Crippen LogP contribution in [-0.2, 0) is 9.53 Å². The van der Waals surface area contributed by atoms with E-state index in [0.717, 1.165) is 11.1 Å². The van der Waals surface area contributed by atoms with E-state index in [2.05, 4.69) is 6.58 Å². The van der Waals surface area contributed by atoms with Crippen LogP contribution in [0.3, 0.4) is 0 Å². The number of carbonyl (C=O) groups is 1. The maximum absolute atomic E-state index is 12.3. The van der Waals surface area contributed by atoms with Crippen LogP contribution in [-0.4, -0.2) is 12.6 Å². The fraction of sp³-hybridized carbons (Fsp3) is 0.174. The monoisotopic (exact) mass is 356 g/mol. The fourth-order valence-electron chi connectivity index (χ4n) is 2.86. The van der Waals surface area contributed by atoms with Crippen molar-refractivity contribution >= 4 is 11.5 Å². The first-order valence-electron chi connectivity index (χ1n) is 8.62. The van der Waals surface area contributed by atoms with Crippen molar-refractivity contribution in [2.24, 2.45) is 0 Å². The number of allylic oxidation sites excluding steroid dienone is 2. The standard InChI is InChI=1S/C23H20N2O2/c1-3-27-23(26)17(2)21(18-10-6-4-7-11-18)14-22(20(15-24)16-25)19-12-8-5-9-13-19/h4-13,21H,2-3,14H2,1H3. The van der Waals surface area contributed by atoms with Gasteiger partial charge < -0.3 is 4.74 Å². The van der Waals surface area contributed by atoms with Gasteiger partial charge in [-0.1, -0.05) is 67.2 Å². The van der Waals surface area contributed by atoms with Crippen LogP contribution in [0, 0.1) is 22.7 Å². The molecule has 2 aromatic carbocycles. The van der Waals surface area contributed by atoms with Gasteiger partial charge in [-0.15, -0.1) is 0 Å². The molecule has 0 amide bonds. The topological polar surface area (TPSA) is 73.9 Å². The highest BCUT2D eigenvalue weighted by Crippen LogP contribution is 2.36. The molecule has 27 heavy (non-hydrogen) atoms. The van der Waals surface area contributed by atoms with Gasteiger partial charge >= 0.3 is 5.97 Å². The molecule has 0 aliphatic carbocycles. The van der Waals surface area contributed by atoms with Crippen molar-refractivity contribution in [3.8, 4) is 12.1 Å². The number of carbonyl (C=O) groups excluding carboxylic acids is 1. The van der Waals surface area contributed by atoms with Crippen molar-refractivity contribution < 1.29 is 9.53 Å². The molecule has 0 aliphatic heterocycles. The van der Waals surface area contributed by atoms with Crippen LogP contribution in [0.2, 0.25) is 0 Å². The van der Waals surface area contributed by atoms with E-state index in [9.17, 15) is 15.3 Å². The van der Waals surface area contributed by atoms with Crippen LogP contribution in [0.1, 0.15) is 30.4 Å². The molecule has 4 nitrogen and oxygen atoms in total. The number of nitriles is 2. The smallest absolute Gasteiger partial charge is 0.334 e. The highest BCUT2D eigenvalue weighted by molar-refractivity contribution is 5.90. The normalized spacial score (nSPS) is 10.8. The minimum atomic E-state index is -0.478. The Morgan fingerprint density at radius 1 is 1.04 bits per heavy atom. The molecule has 0 fully saturated rings. The molecule has 1 atom stereocenters. The van der Waals surface area contributed by atoms with Crippen molar-refractivity contribution in [1.29, 1.82) is 10.5 Å². The summed E-state index contributed by atoms with van der Waals surface area (Å²) in [6, 6.07) is 22.6. The summed E-state index contributed by atoms with van der Waals surface area (Å²) in [6.07, 6.45) is 0.294. The molecule has 0 bridgehead atoms. The van der Waals surface area contributed by atoms with Crippen LogP contribution in [0.5, 0.6) is 0 Å². The zero-order valence-corrected chi connectivity index (χ0v) is 15.2. The number of esters is 1. The van der Waals surface area contributed by atoms with Gasteiger partial charge in [0.25, 0.3) is 0 Å². The number of benzene rings is 2. The third kappa shape index (κ3) is 4.93. The van der Waals surface area contributed by atoms with Crippen LogP contribution >= 0.6 is 0 Å². The van der Waals surface area contributed by atoms with Crippen LogP contribution < -0.4 is 0 Å². The molecular formula is C23H20N2O2. The molecule has 134 valence electrons. The molecule has 2 rings (SSSR count). The minimum Gasteiger partial charge on any atom is -0.463 e. The third-order valence-electron chi connectivity index (χ3n) is 4.22. The second-order valence-electron chi connectivity index (χ2n) is 5.86. The van der Waals surface area contributed by atoms with Crippen molar-refractivity contribution in [1.82, 2.24) is 0 Å². The average molecular weight is 356 g/mol. The van der Waals surface area contributed by atoms with Gasteiger partial charge in [-0.25, -0.2) is 4.79 Å². The SMILES string of the molecule is C=C(C(=O)OCC)C(CC(=C(C#N)C#N)c1ccccc1)c1ccccc1. The summed E-state index contributed by atoms with van der Waals surface area (Å²) in [7, 11) is 0. The Morgan fingerprint density at radius 2 is 1.59 bits per heavy atom. The third-order valence-corrected chi connectivity index (χ3v) is 4.22. The Kier molecular flexibility index (Phi) is 7.11. The second-order valence-corrected chi connectivity index (χ2v) is 5.86. The molecule has 0 aromatic heterocycles. The lowest BCUT2D eigenvalue weighted by Gasteiger charge is -2.21. The van der Waals surface area contributed by atoms with Crippen molar-refractivity contribution in [3.63, 3.8) is 0 Å². The Labute approximate surface area is 159 Å². The Balaban J connectivity index is 2.53. The average Bonchev–Trinajstić information content (AvgIpc) is 2.72. The highest BCUT2D eigenvalue weighted by atomic mass is 16.5. The van der Waals surface area contributed by atoms with Gasteiger partial charge in [-0.3, -0.25) is 0 Å². The number of rotatable bonds is 7. The molecule has 4 heteroatoms. The summed E-state index contributed by atoms with van der Waals surface area (Å²) in [5.41, 5.74) is 2.55. The van der Waals surface area contributed by atoms with Gasteiger partial charge in [-0.2, -0.15) is 10.5 Å². The van der Waals surface area contributed by atoms with Gasteiger partial charge in [0.15, 0.2) is 0 Å². The van der Waals surface area contributed by atoms with Gasteiger partial charge in [0, 0.05) is 11.5 Å². The molecule has 0 saturated heterocycles. The molecule has 0 saturated carbocycles. The van der Waals surface area contributed by atoms with Crippen molar-refractivity contribution in [2.45, 2.75) is 19.3 Å². The van der Waals surface area contributed by atoms with Crippen LogP contribution in [0.25, 0.3) is 5.57 Å². The Morgan fingerprint density at radius 3 is 2.11 bits per heavy atom. The lowest BCUT2D eigenvalue weighted by Crippen LogP contribution is -2.15. The molecule has 0 N–H and O–H groups in total. The molecule has 2 aromatic rings. The van der Waals surface area contributed by atoms with Crippen molar-refractivity contribution in [3.05, 3.63) is 89.5 Å². The summed E-state index contributed by atoms with van der Waals surface area (Å²) in [5, 5.41) is 18.9. The number of ether oxygens (including phenoxy) is 1. The van der Waals surface area contributed by atoms with E-state index in [1.807, 2.05) is 72.8 Å². The fourth-order valence-corrected chi connectivity index (χ4v) is 2.86. The highest BCUT2D eigenvalue weighted by Gasteiger charge is 2.25. The van der Waals surface area contributed by atoms with E-state index >= 15 is 0 Å². The second kappa shape index (κ2) is 9.75. The predicted octanol–water partition coefficient (Wildman–Crippen LogP) is 4.78. The molecule has 1 unspecified atom stereocenters. The first kappa shape index (κ1) is 19.7. The molecule has 0 spiro atoms. The van der Waals surface area contributed by atoms with E-state index in [1.54, 1.807) is 6.92 Å². The minimum absolute atomic E-state index is 0.0267. The summed E-state index contributed by atoms with van der Waals surface area (Å²) >= 11 is 0. The Hall–Kier alpha value is -3.63. The van der Waals surface area contributed by atoms with Crippen molar-refractivity contribution in [2.75, 3.05) is 6.61 Å². The maximum Gasteiger partial charge on any atom is 0.334 e. The van der Waals surface area contributed by atoms with E-state index in [-0.39, 0.29) is 12.2 Å². The first-order valence-corrected chi connectivity index (χ1v) is 8.62. The van der Waals surface area contributed by atoms with Crippen LogP contribution in [0.15, 0.2) is 78.4 Å². The Bertz CT molecular complexity index is 900. The number of nitrogens with zero attached hydrogens (tertiary/aromatic N) is 2. The zero-order valence-electron chi connectivity index (χ0n) is 15.2. The molecule has 0 aliphatic rings. The quantitative estimate of drug-likeness (QED) is 0.406. The molecular weight excluding hydrogens is 336 g/mol. The first-order chi connectivity index (χ1) is 13.1. The summed E-state index contributed by atoms with van der Waals surface area (Å²) in [5.74, 6) is -0.883. The van der Waals surface area contributed by atoms with E-state index in [1.165, 1.54) is 0 Å². The lowest BCUT2D eigenvalue weighted by molar-refractivity contribution is -0.138. The van der Waals surface area contributed by atoms with Gasteiger partial charge in [-0.05, 0) is 30.0 Å². The summed E-state index contributed by atoms with van der Waals surface area (Å²) in [4.78, 5) is 12.3. The van der Waals surface area contributed by atoms with Crippen LogP contribution in [0.4, 0.5) is 0 Å². The number of hydrogen-bond acceptors (Lipinski definition) is 4. The number of hydrogen-bond donors (Lipinski definition) is 0. The van der Waals surface area contributed by atoms with Gasteiger partial charge in [0.2, 0.25) is 0 Å². The summed E-state index contributed by atoms with van der Waals surface area (Å²) < 4.78 is 5.12. The van der Waals surface area contributed by atoms with E-state index < -0.39 is 11.9 Å². The maximum atomic E-state index is 12.3. The largest absolute Gasteiger partial charge is 0.463 e. The lowest BCUT2D eigenvalue weighted by atomic mass is 9.83. The zero-order chi connectivity index (χ0) is 19.6. The molecule has 0 radical (unpaired) electrons. The van der Waals surface area contributed by atoms with Gasteiger partial charge in [0.05, 0.1) is 6.61 Å². The predicted molar refractivity (Wildman–Crippen MR) is 104 cm³/mol. The molecule has 0 heterocycles. The van der Waals surface area contributed by atoms with Gasteiger partial charge in [0.1, 0.15) is 17.7 Å².